The van der Waals surface area contributed by atoms with Gasteiger partial charge < -0.3 is 10.5 Å². The Kier molecular flexibility index (Phi) is 3.72. The fourth-order valence-corrected chi connectivity index (χ4v) is 1.67. The Morgan fingerprint density at radius 1 is 1.29 bits per heavy atom. The van der Waals surface area contributed by atoms with Crippen molar-refractivity contribution in [3.63, 3.8) is 0 Å². The first-order chi connectivity index (χ1) is 8.31. The van der Waals surface area contributed by atoms with Gasteiger partial charge in [0, 0.05) is 20.0 Å². The first-order valence-electron chi connectivity index (χ1n) is 5.56. The molecule has 0 fully saturated rings. The van der Waals surface area contributed by atoms with Gasteiger partial charge in [0.05, 0.1) is 18.0 Å². The summed E-state index contributed by atoms with van der Waals surface area (Å²) >= 11 is 0. The fraction of sp³-hybridized carbons (Fsp3) is 0.333. The van der Waals surface area contributed by atoms with E-state index in [1.54, 1.807) is 4.68 Å². The molecular weight excluding hydrogens is 216 g/mol. The minimum absolute atomic E-state index is 0.411. The Morgan fingerprint density at radius 2 is 2.06 bits per heavy atom. The van der Waals surface area contributed by atoms with Crippen LogP contribution in [0.1, 0.15) is 11.4 Å². The second-order valence-electron chi connectivity index (χ2n) is 3.72. The van der Waals surface area contributed by atoms with Gasteiger partial charge in [-0.25, -0.2) is 0 Å². The van der Waals surface area contributed by atoms with Gasteiger partial charge in [0.15, 0.2) is 0 Å². The summed E-state index contributed by atoms with van der Waals surface area (Å²) in [6.45, 7) is 1.01. The van der Waals surface area contributed by atoms with Crippen molar-refractivity contribution < 1.29 is 4.74 Å². The van der Waals surface area contributed by atoms with Gasteiger partial charge in [-0.15, -0.1) is 5.10 Å². The maximum absolute atomic E-state index is 5.62. The lowest BCUT2D eigenvalue weighted by molar-refractivity contribution is 0.318. The van der Waals surface area contributed by atoms with Crippen LogP contribution in [-0.2, 0) is 20.0 Å². The van der Waals surface area contributed by atoms with Gasteiger partial charge in [-0.1, -0.05) is 23.4 Å². The van der Waals surface area contributed by atoms with E-state index in [9.17, 15) is 0 Å². The van der Waals surface area contributed by atoms with E-state index in [0.717, 1.165) is 23.6 Å². The molecule has 0 atom stereocenters. The van der Waals surface area contributed by atoms with Crippen LogP contribution in [0.5, 0.6) is 5.75 Å². The molecular formula is C12H16N4O. The molecule has 0 spiro atoms. The van der Waals surface area contributed by atoms with Crippen molar-refractivity contribution in [3.8, 4) is 5.75 Å². The predicted octanol–water partition coefficient (Wildman–Crippen LogP) is 0.895. The second kappa shape index (κ2) is 5.45. The Labute approximate surface area is 100 Å². The van der Waals surface area contributed by atoms with E-state index in [1.807, 2.05) is 37.4 Å². The number of nitrogens with zero attached hydrogens (tertiary/aromatic N) is 3. The number of rotatable bonds is 5. The average molecular weight is 232 g/mol. The number of hydrogen-bond donors (Lipinski definition) is 1. The van der Waals surface area contributed by atoms with E-state index in [-0.39, 0.29) is 0 Å². The predicted molar refractivity (Wildman–Crippen MR) is 64.5 cm³/mol. The van der Waals surface area contributed by atoms with Crippen molar-refractivity contribution in [2.45, 2.75) is 13.0 Å². The molecule has 2 aromatic rings. The van der Waals surface area contributed by atoms with Crippen LogP contribution in [0.2, 0.25) is 0 Å². The standard InChI is InChI=1S/C12H16N4O/c1-16-12(11(9-13)14-15-16)7-8-17-10-5-3-2-4-6-10/h2-6H,7-9,13H2,1H3. The highest BCUT2D eigenvalue weighted by Gasteiger charge is 2.08. The molecule has 1 heterocycles. The zero-order chi connectivity index (χ0) is 12.1. The maximum Gasteiger partial charge on any atom is 0.119 e. The summed E-state index contributed by atoms with van der Waals surface area (Å²) in [5.74, 6) is 0.872. The Balaban J connectivity index is 1.92. The van der Waals surface area contributed by atoms with Gasteiger partial charge in [-0.3, -0.25) is 4.68 Å². The van der Waals surface area contributed by atoms with E-state index >= 15 is 0 Å². The van der Waals surface area contributed by atoms with E-state index in [4.69, 9.17) is 10.5 Å². The van der Waals surface area contributed by atoms with E-state index < -0.39 is 0 Å². The van der Waals surface area contributed by atoms with Crippen molar-refractivity contribution in [1.82, 2.24) is 15.0 Å². The van der Waals surface area contributed by atoms with Crippen LogP contribution in [0, 0.1) is 0 Å². The van der Waals surface area contributed by atoms with Crippen molar-refractivity contribution in [1.29, 1.82) is 0 Å². The van der Waals surface area contributed by atoms with Crippen LogP contribution >= 0.6 is 0 Å². The smallest absolute Gasteiger partial charge is 0.119 e. The molecule has 0 bridgehead atoms. The summed E-state index contributed by atoms with van der Waals surface area (Å²) in [4.78, 5) is 0. The van der Waals surface area contributed by atoms with E-state index in [0.29, 0.717) is 13.2 Å². The van der Waals surface area contributed by atoms with Crippen LogP contribution in [0.15, 0.2) is 30.3 Å². The summed E-state index contributed by atoms with van der Waals surface area (Å²) < 4.78 is 7.37. The molecule has 1 aromatic heterocycles. The highest BCUT2D eigenvalue weighted by molar-refractivity contribution is 5.21. The van der Waals surface area contributed by atoms with Crippen molar-refractivity contribution in [2.24, 2.45) is 12.8 Å². The molecule has 17 heavy (non-hydrogen) atoms. The zero-order valence-electron chi connectivity index (χ0n) is 9.84. The molecule has 0 unspecified atom stereocenters. The highest BCUT2D eigenvalue weighted by atomic mass is 16.5. The van der Waals surface area contributed by atoms with Crippen LogP contribution in [-0.4, -0.2) is 21.6 Å². The third-order valence-corrected chi connectivity index (χ3v) is 2.57. The summed E-state index contributed by atoms with van der Waals surface area (Å²) in [5, 5.41) is 7.94. The summed E-state index contributed by atoms with van der Waals surface area (Å²) in [7, 11) is 1.87. The molecule has 0 aliphatic carbocycles. The van der Waals surface area contributed by atoms with Crippen LogP contribution in [0.4, 0.5) is 0 Å². The monoisotopic (exact) mass is 232 g/mol. The summed E-state index contributed by atoms with van der Waals surface area (Å²) in [5.41, 5.74) is 7.46. The third-order valence-electron chi connectivity index (χ3n) is 2.57. The molecule has 0 saturated heterocycles. The maximum atomic E-state index is 5.62. The number of ether oxygens (including phenoxy) is 1. The Morgan fingerprint density at radius 3 is 2.76 bits per heavy atom. The van der Waals surface area contributed by atoms with Crippen molar-refractivity contribution in [3.05, 3.63) is 41.7 Å². The molecule has 90 valence electrons. The van der Waals surface area contributed by atoms with Gasteiger partial charge in [0.2, 0.25) is 0 Å². The second-order valence-corrected chi connectivity index (χ2v) is 3.72. The first-order valence-corrected chi connectivity index (χ1v) is 5.56. The number of aryl methyl sites for hydroxylation is 1. The lowest BCUT2D eigenvalue weighted by atomic mass is 10.2. The highest BCUT2D eigenvalue weighted by Crippen LogP contribution is 2.10. The minimum atomic E-state index is 0.411. The molecule has 0 aliphatic rings. The van der Waals surface area contributed by atoms with Crippen molar-refractivity contribution >= 4 is 0 Å². The molecule has 5 heteroatoms. The average Bonchev–Trinajstić information content (AvgIpc) is 2.72. The fourth-order valence-electron chi connectivity index (χ4n) is 1.67. The van der Waals surface area contributed by atoms with E-state index in [2.05, 4.69) is 10.3 Å². The molecule has 0 amide bonds. The zero-order valence-corrected chi connectivity index (χ0v) is 9.84. The Hall–Kier alpha value is -1.88. The summed E-state index contributed by atoms with van der Waals surface area (Å²) in [6.07, 6.45) is 0.755. The molecule has 2 rings (SSSR count). The lowest BCUT2D eigenvalue weighted by Crippen LogP contribution is -2.09. The molecule has 1 aromatic carbocycles. The topological polar surface area (TPSA) is 66.0 Å². The quantitative estimate of drug-likeness (QED) is 0.831. The lowest BCUT2D eigenvalue weighted by Gasteiger charge is -2.06. The normalized spacial score (nSPS) is 10.5. The molecule has 5 nitrogen and oxygen atoms in total. The Bertz CT molecular complexity index is 467. The van der Waals surface area contributed by atoms with Crippen LogP contribution in [0.25, 0.3) is 0 Å². The minimum Gasteiger partial charge on any atom is -0.493 e. The van der Waals surface area contributed by atoms with Gasteiger partial charge in [-0.2, -0.15) is 0 Å². The number of para-hydroxylation sites is 1. The molecule has 0 aliphatic heterocycles. The number of benzene rings is 1. The van der Waals surface area contributed by atoms with Gasteiger partial charge in [0.1, 0.15) is 5.75 Å². The van der Waals surface area contributed by atoms with Crippen LogP contribution < -0.4 is 10.5 Å². The largest absolute Gasteiger partial charge is 0.493 e. The summed E-state index contributed by atoms with van der Waals surface area (Å²) in [6, 6.07) is 9.74. The van der Waals surface area contributed by atoms with E-state index in [1.165, 1.54) is 0 Å². The van der Waals surface area contributed by atoms with Gasteiger partial charge >= 0.3 is 0 Å². The number of hydrogen-bond acceptors (Lipinski definition) is 4. The van der Waals surface area contributed by atoms with Crippen LogP contribution in [0.3, 0.4) is 0 Å². The van der Waals surface area contributed by atoms with Crippen molar-refractivity contribution in [2.75, 3.05) is 6.61 Å². The molecule has 0 saturated carbocycles. The number of nitrogens with two attached hydrogens (primary N) is 1. The third kappa shape index (κ3) is 2.82. The van der Waals surface area contributed by atoms with Gasteiger partial charge in [-0.05, 0) is 12.1 Å². The number of aromatic nitrogens is 3. The SMILES string of the molecule is Cn1nnc(CN)c1CCOc1ccccc1. The van der Waals surface area contributed by atoms with Gasteiger partial charge in [0.25, 0.3) is 0 Å². The first kappa shape index (κ1) is 11.6. The molecule has 0 radical (unpaired) electrons. The molecule has 2 N–H and O–H groups in total.